The van der Waals surface area contributed by atoms with Crippen molar-refractivity contribution in [3.05, 3.63) is 243 Å². The zero-order valence-corrected chi connectivity index (χ0v) is 40.9. The molecule has 0 aliphatic carbocycles. The van der Waals surface area contributed by atoms with Gasteiger partial charge < -0.3 is 0 Å². The van der Waals surface area contributed by atoms with E-state index in [4.69, 9.17) is 30.1 Å². The van der Waals surface area contributed by atoms with Crippen LogP contribution in [0, 0.1) is 0 Å². The highest BCUT2D eigenvalue weighted by Crippen LogP contribution is 2.40. The van der Waals surface area contributed by atoms with Gasteiger partial charge in [-0.2, -0.15) is 0 Å². The molecule has 0 bridgehead atoms. The number of para-hydroxylation sites is 4. The Morgan fingerprint density at radius 2 is 0.587 bits per heavy atom. The molecule has 9 heteroatoms. The third-order valence-electron chi connectivity index (χ3n) is 14.4. The molecule has 0 amide bonds. The van der Waals surface area contributed by atoms with Crippen molar-refractivity contribution in [3.63, 3.8) is 0 Å². The first kappa shape index (κ1) is 42.7. The number of hydrogen-bond donors (Lipinski definition) is 0. The highest BCUT2D eigenvalue weighted by Gasteiger charge is 2.22. The van der Waals surface area contributed by atoms with Crippen molar-refractivity contribution >= 4 is 76.8 Å². The second-order valence-electron chi connectivity index (χ2n) is 18.7. The van der Waals surface area contributed by atoms with Crippen LogP contribution in [0.25, 0.3) is 143 Å². The molecule has 15 aromatic rings. The lowest BCUT2D eigenvalue weighted by atomic mass is 10.0. The van der Waals surface area contributed by atoms with Crippen LogP contribution in [0.4, 0.5) is 0 Å². The van der Waals surface area contributed by atoms with Gasteiger partial charge in [-0.1, -0.05) is 218 Å². The fourth-order valence-corrected chi connectivity index (χ4v) is 11.6. The second kappa shape index (κ2) is 17.4. The molecule has 0 N–H and O–H groups in total. The van der Waals surface area contributed by atoms with Crippen LogP contribution in [0.5, 0.6) is 0 Å². The average molecular weight is 977 g/mol. The van der Waals surface area contributed by atoms with Crippen molar-refractivity contribution in [1.82, 2.24) is 39.3 Å². The monoisotopic (exact) mass is 976 g/mol. The first-order valence-electron chi connectivity index (χ1n) is 24.9. The predicted molar refractivity (Wildman–Crippen MR) is 307 cm³/mol. The van der Waals surface area contributed by atoms with E-state index in [2.05, 4.69) is 228 Å². The second-order valence-corrected chi connectivity index (χ2v) is 19.7. The van der Waals surface area contributed by atoms with Crippen molar-refractivity contribution in [3.8, 4) is 77.8 Å². The Labute approximate surface area is 434 Å². The summed E-state index contributed by atoms with van der Waals surface area (Å²) in [7, 11) is 0. The van der Waals surface area contributed by atoms with Crippen molar-refractivity contribution in [2.45, 2.75) is 0 Å². The minimum absolute atomic E-state index is 0.601. The number of rotatable bonds is 8. The fourth-order valence-electron chi connectivity index (χ4n) is 10.8. The molecule has 350 valence electrons. The van der Waals surface area contributed by atoms with Gasteiger partial charge in [-0.05, 0) is 58.7 Å². The molecule has 15 rings (SSSR count). The smallest absolute Gasteiger partial charge is 0.235 e. The van der Waals surface area contributed by atoms with Crippen LogP contribution in [0.3, 0.4) is 0 Å². The van der Waals surface area contributed by atoms with Gasteiger partial charge in [0.05, 0.1) is 44.5 Å². The van der Waals surface area contributed by atoms with Gasteiger partial charge in [0, 0.05) is 54.6 Å². The number of benzene rings is 10. The van der Waals surface area contributed by atoms with E-state index >= 15 is 0 Å². The number of hydrogen-bond acceptors (Lipinski definition) is 7. The van der Waals surface area contributed by atoms with E-state index in [9.17, 15) is 0 Å². The number of aromatic nitrogens is 8. The van der Waals surface area contributed by atoms with Gasteiger partial charge >= 0.3 is 0 Å². The molecular formula is C66H40N8S. The van der Waals surface area contributed by atoms with Crippen LogP contribution in [-0.2, 0) is 0 Å². The molecule has 5 aromatic heterocycles. The molecule has 0 fully saturated rings. The van der Waals surface area contributed by atoms with E-state index < -0.39 is 0 Å². The minimum atomic E-state index is 0.601. The summed E-state index contributed by atoms with van der Waals surface area (Å²) in [5, 5.41) is 17.8. The van der Waals surface area contributed by atoms with E-state index in [1.807, 2.05) is 24.3 Å². The lowest BCUT2D eigenvalue weighted by Gasteiger charge is -2.12. The average Bonchev–Trinajstić information content (AvgIpc) is 4.27. The summed E-state index contributed by atoms with van der Waals surface area (Å²) in [6.07, 6.45) is 0. The Morgan fingerprint density at radius 3 is 1.03 bits per heavy atom. The van der Waals surface area contributed by atoms with Gasteiger partial charge in [-0.25, -0.2) is 19.9 Å². The van der Waals surface area contributed by atoms with E-state index in [0.29, 0.717) is 11.9 Å². The number of nitrogens with zero attached hydrogens (tertiary/aromatic N) is 8. The van der Waals surface area contributed by atoms with Gasteiger partial charge in [0.2, 0.25) is 11.9 Å². The normalized spacial score (nSPS) is 11.7. The molecule has 0 unspecified atom stereocenters. The molecule has 0 radical (unpaired) electrons. The SMILES string of the molecule is c1ccc(-c2ccc(-c3nc(-n4c5ccccc5c5ccc(-c6nnc(-c7ccc8c9ccccc9n(-c9nc(-c%10ccc(-c%11ccccc%11)cc%10)c%10ccccc%10n9)c8c7)s6)cc54)nc4ccccc34)cc2)cc1. The summed E-state index contributed by atoms with van der Waals surface area (Å²) in [5.74, 6) is 1.20. The Hall–Kier alpha value is -9.96. The zero-order chi connectivity index (χ0) is 49.4. The molecule has 0 saturated carbocycles. The number of fused-ring (bicyclic) bond motifs is 8. The zero-order valence-electron chi connectivity index (χ0n) is 40.1. The summed E-state index contributed by atoms with van der Waals surface area (Å²) in [4.78, 5) is 21.3. The standard InChI is InChI=1S/C66H40N8S/c1-3-15-41(16-4-1)43-27-31-45(32-28-43)61-53-21-7-11-23-55(53)67-65(69-61)73-57-25-13-9-19-49(57)51-37-35-47(39-59(51)73)63-71-72-64(75-63)48-36-38-52-50-20-10-14-26-58(50)74(60(52)40-48)66-68-56-24-12-8-22-54(56)62(70-66)46-33-29-44(30-34-46)42-17-5-2-6-18-42/h1-40H. The minimum Gasteiger partial charge on any atom is -0.278 e. The fraction of sp³-hybridized carbons (Fsp3) is 0. The highest BCUT2D eigenvalue weighted by molar-refractivity contribution is 7.17. The molecule has 0 spiro atoms. The third-order valence-corrected chi connectivity index (χ3v) is 15.4. The molecule has 8 nitrogen and oxygen atoms in total. The Morgan fingerprint density at radius 1 is 0.253 bits per heavy atom. The molecule has 0 saturated heterocycles. The lowest BCUT2D eigenvalue weighted by molar-refractivity contribution is 1.01. The van der Waals surface area contributed by atoms with E-state index in [1.54, 1.807) is 11.3 Å². The van der Waals surface area contributed by atoms with Crippen molar-refractivity contribution < 1.29 is 0 Å². The van der Waals surface area contributed by atoms with Crippen LogP contribution in [0.15, 0.2) is 243 Å². The molecule has 10 aromatic carbocycles. The first-order chi connectivity index (χ1) is 37.2. The summed E-state index contributed by atoms with van der Waals surface area (Å²) in [6.45, 7) is 0. The van der Waals surface area contributed by atoms with Crippen LogP contribution in [0.1, 0.15) is 0 Å². The van der Waals surface area contributed by atoms with Gasteiger partial charge in [-0.15, -0.1) is 10.2 Å². The molecular weight excluding hydrogens is 937 g/mol. The lowest BCUT2D eigenvalue weighted by Crippen LogP contribution is -2.03. The Bertz CT molecular complexity index is 4400. The molecule has 0 aliphatic rings. The van der Waals surface area contributed by atoms with Gasteiger partial charge in [0.25, 0.3) is 0 Å². The van der Waals surface area contributed by atoms with E-state index in [0.717, 1.165) is 120 Å². The Balaban J connectivity index is 0.833. The van der Waals surface area contributed by atoms with Gasteiger partial charge in [-0.3, -0.25) is 9.13 Å². The molecule has 5 heterocycles. The summed E-state index contributed by atoms with van der Waals surface area (Å²) < 4.78 is 4.38. The van der Waals surface area contributed by atoms with E-state index in [-0.39, 0.29) is 0 Å². The summed E-state index contributed by atoms with van der Waals surface area (Å²) in [6, 6.07) is 84.8. The molecule has 75 heavy (non-hydrogen) atoms. The summed E-state index contributed by atoms with van der Waals surface area (Å²) in [5.41, 5.74) is 16.1. The van der Waals surface area contributed by atoms with Gasteiger partial charge in [0.1, 0.15) is 10.0 Å². The van der Waals surface area contributed by atoms with Crippen molar-refractivity contribution in [2.75, 3.05) is 0 Å². The van der Waals surface area contributed by atoms with Crippen LogP contribution in [0.2, 0.25) is 0 Å². The highest BCUT2D eigenvalue weighted by atomic mass is 32.1. The Kier molecular flexibility index (Phi) is 9.89. The predicted octanol–water partition coefficient (Wildman–Crippen LogP) is 16.6. The third kappa shape index (κ3) is 7.20. The first-order valence-corrected chi connectivity index (χ1v) is 25.8. The van der Waals surface area contributed by atoms with Crippen molar-refractivity contribution in [2.24, 2.45) is 0 Å². The quantitative estimate of drug-likeness (QED) is 0.151. The van der Waals surface area contributed by atoms with Crippen molar-refractivity contribution in [1.29, 1.82) is 0 Å². The maximum atomic E-state index is 5.40. The maximum Gasteiger partial charge on any atom is 0.235 e. The van der Waals surface area contributed by atoms with Crippen LogP contribution < -0.4 is 0 Å². The maximum absolute atomic E-state index is 5.40. The van der Waals surface area contributed by atoms with Crippen LogP contribution >= 0.6 is 11.3 Å². The largest absolute Gasteiger partial charge is 0.278 e. The van der Waals surface area contributed by atoms with Crippen LogP contribution in [-0.4, -0.2) is 39.3 Å². The van der Waals surface area contributed by atoms with E-state index in [1.165, 1.54) is 11.1 Å². The summed E-state index contributed by atoms with van der Waals surface area (Å²) >= 11 is 1.57. The molecule has 0 aliphatic heterocycles. The topological polar surface area (TPSA) is 87.2 Å². The van der Waals surface area contributed by atoms with Gasteiger partial charge in [0.15, 0.2) is 0 Å². The molecule has 0 atom stereocenters.